The zero-order chi connectivity index (χ0) is 15.0. The maximum atomic E-state index is 6.34. The summed E-state index contributed by atoms with van der Waals surface area (Å²) in [6, 6.07) is 14.3. The number of anilines is 1. The molecule has 1 heterocycles. The van der Waals surface area contributed by atoms with E-state index in [9.17, 15) is 0 Å². The van der Waals surface area contributed by atoms with Crippen LogP contribution >= 0.6 is 11.6 Å². The Bertz CT molecular complexity index is 709. The Morgan fingerprint density at radius 3 is 2.71 bits per heavy atom. The van der Waals surface area contributed by atoms with Crippen LogP contribution in [0, 0.1) is 13.8 Å². The zero-order valence-electron chi connectivity index (χ0n) is 12.2. The number of halogens is 1. The van der Waals surface area contributed by atoms with Crippen LogP contribution in [0.15, 0.2) is 47.5 Å². The van der Waals surface area contributed by atoms with E-state index < -0.39 is 0 Å². The van der Waals surface area contributed by atoms with E-state index in [4.69, 9.17) is 17.3 Å². The predicted molar refractivity (Wildman–Crippen MR) is 89.1 cm³/mol. The van der Waals surface area contributed by atoms with E-state index in [0.29, 0.717) is 17.5 Å². The Labute approximate surface area is 130 Å². The van der Waals surface area contributed by atoms with Crippen molar-refractivity contribution in [2.45, 2.75) is 19.9 Å². The van der Waals surface area contributed by atoms with Crippen molar-refractivity contribution in [2.75, 3.05) is 11.4 Å². The number of nitrogens with two attached hydrogens (primary N) is 1. The zero-order valence-corrected chi connectivity index (χ0v) is 12.9. The van der Waals surface area contributed by atoms with Crippen molar-refractivity contribution in [3.63, 3.8) is 0 Å². The lowest BCUT2D eigenvalue weighted by Crippen LogP contribution is -2.36. The maximum Gasteiger partial charge on any atom is 0.196 e. The summed E-state index contributed by atoms with van der Waals surface area (Å²) in [6.45, 7) is 4.87. The second-order valence-corrected chi connectivity index (χ2v) is 5.80. The highest BCUT2D eigenvalue weighted by molar-refractivity contribution is 6.33. The number of guanidine groups is 1. The number of aliphatic imine (C=N–C) groups is 1. The first-order valence-electron chi connectivity index (χ1n) is 6.99. The molecule has 2 N–H and O–H groups in total. The number of nitrogens with zero attached hydrogens (tertiary/aromatic N) is 2. The summed E-state index contributed by atoms with van der Waals surface area (Å²) in [5.74, 6) is 0.522. The largest absolute Gasteiger partial charge is 0.369 e. The van der Waals surface area contributed by atoms with Gasteiger partial charge in [0.25, 0.3) is 0 Å². The van der Waals surface area contributed by atoms with E-state index in [1.54, 1.807) is 0 Å². The van der Waals surface area contributed by atoms with Gasteiger partial charge in [-0.1, -0.05) is 47.5 Å². The van der Waals surface area contributed by atoms with Gasteiger partial charge in [-0.25, -0.2) is 0 Å². The quantitative estimate of drug-likeness (QED) is 0.915. The Hall–Kier alpha value is -2.00. The van der Waals surface area contributed by atoms with Crippen LogP contribution < -0.4 is 10.6 Å². The molecule has 3 rings (SSSR count). The van der Waals surface area contributed by atoms with Crippen LogP contribution in [0.5, 0.6) is 0 Å². The number of rotatable bonds is 2. The summed E-state index contributed by atoms with van der Waals surface area (Å²) in [6.07, 6.45) is 0. The van der Waals surface area contributed by atoms with Gasteiger partial charge >= 0.3 is 0 Å². The fourth-order valence-corrected chi connectivity index (χ4v) is 3.02. The Kier molecular flexibility index (Phi) is 3.60. The van der Waals surface area contributed by atoms with Crippen molar-refractivity contribution in [3.8, 4) is 0 Å². The van der Waals surface area contributed by atoms with Crippen molar-refractivity contribution in [3.05, 3.63) is 64.2 Å². The fourth-order valence-electron chi connectivity index (χ4n) is 2.79. The number of para-hydroxylation sites is 1. The lowest BCUT2D eigenvalue weighted by molar-refractivity contribution is 0.761. The summed E-state index contributed by atoms with van der Waals surface area (Å²) < 4.78 is 0. The van der Waals surface area contributed by atoms with Gasteiger partial charge in [-0.05, 0) is 37.1 Å². The SMILES string of the molecule is Cc1ccc(C)c(C2CN=C(N)N2c2ccccc2Cl)c1. The molecule has 3 nitrogen and oxygen atoms in total. The van der Waals surface area contributed by atoms with Crippen LogP contribution in [0.25, 0.3) is 0 Å². The van der Waals surface area contributed by atoms with Gasteiger partial charge < -0.3 is 10.6 Å². The van der Waals surface area contributed by atoms with Crippen molar-refractivity contribution < 1.29 is 0 Å². The molecular formula is C17H18ClN3. The second-order valence-electron chi connectivity index (χ2n) is 5.40. The molecule has 2 aromatic rings. The smallest absolute Gasteiger partial charge is 0.196 e. The number of hydrogen-bond acceptors (Lipinski definition) is 3. The molecule has 0 aliphatic carbocycles. The molecule has 1 atom stereocenters. The molecule has 1 unspecified atom stereocenters. The van der Waals surface area contributed by atoms with Gasteiger partial charge in [-0.2, -0.15) is 0 Å². The van der Waals surface area contributed by atoms with Crippen molar-refractivity contribution in [2.24, 2.45) is 10.7 Å². The molecule has 21 heavy (non-hydrogen) atoms. The summed E-state index contributed by atoms with van der Waals surface area (Å²) in [7, 11) is 0. The predicted octanol–water partition coefficient (Wildman–Crippen LogP) is 3.83. The van der Waals surface area contributed by atoms with Crippen molar-refractivity contribution >= 4 is 23.2 Å². The monoisotopic (exact) mass is 299 g/mol. The van der Waals surface area contributed by atoms with Crippen molar-refractivity contribution in [1.29, 1.82) is 0 Å². The van der Waals surface area contributed by atoms with Gasteiger partial charge in [0.15, 0.2) is 5.96 Å². The van der Waals surface area contributed by atoms with Gasteiger partial charge in [0.2, 0.25) is 0 Å². The normalized spacial score (nSPS) is 18.0. The summed E-state index contributed by atoms with van der Waals surface area (Å²) in [4.78, 5) is 6.46. The van der Waals surface area contributed by atoms with Crippen LogP contribution in [-0.2, 0) is 0 Å². The lowest BCUT2D eigenvalue weighted by Gasteiger charge is -2.28. The van der Waals surface area contributed by atoms with Crippen LogP contribution in [0.3, 0.4) is 0 Å². The first kappa shape index (κ1) is 14.0. The van der Waals surface area contributed by atoms with Gasteiger partial charge in [0, 0.05) is 0 Å². The van der Waals surface area contributed by atoms with E-state index in [0.717, 1.165) is 5.69 Å². The van der Waals surface area contributed by atoms with Gasteiger partial charge in [0.1, 0.15) is 0 Å². The third kappa shape index (κ3) is 2.49. The summed E-state index contributed by atoms with van der Waals surface area (Å²) in [5, 5.41) is 0.688. The minimum atomic E-state index is 0.102. The van der Waals surface area contributed by atoms with Crippen LogP contribution in [0.2, 0.25) is 5.02 Å². The molecule has 0 aromatic heterocycles. The third-order valence-electron chi connectivity index (χ3n) is 3.89. The molecule has 108 valence electrons. The van der Waals surface area contributed by atoms with Gasteiger partial charge in [-0.15, -0.1) is 0 Å². The lowest BCUT2D eigenvalue weighted by atomic mass is 9.98. The Balaban J connectivity index is 2.07. The molecule has 0 fully saturated rings. The van der Waals surface area contributed by atoms with E-state index >= 15 is 0 Å². The molecule has 0 bridgehead atoms. The summed E-state index contributed by atoms with van der Waals surface area (Å²) in [5.41, 5.74) is 10.7. The molecule has 0 amide bonds. The van der Waals surface area contributed by atoms with Crippen LogP contribution in [0.4, 0.5) is 5.69 Å². The standard InChI is InChI=1S/C17H18ClN3/c1-11-7-8-12(2)13(9-11)16-10-20-17(19)21(16)15-6-4-3-5-14(15)18/h3-9,16H,10H2,1-2H3,(H2,19,20). The number of aryl methyl sites for hydroxylation is 2. The van der Waals surface area contributed by atoms with E-state index in [1.807, 2.05) is 29.2 Å². The molecule has 1 aliphatic heterocycles. The van der Waals surface area contributed by atoms with Crippen LogP contribution in [0.1, 0.15) is 22.7 Å². The molecule has 0 saturated heterocycles. The van der Waals surface area contributed by atoms with Crippen molar-refractivity contribution in [1.82, 2.24) is 0 Å². The molecule has 1 aliphatic rings. The van der Waals surface area contributed by atoms with E-state index in [2.05, 4.69) is 37.0 Å². The van der Waals surface area contributed by atoms with Gasteiger partial charge in [0.05, 0.1) is 23.3 Å². The molecule has 0 saturated carbocycles. The highest BCUT2D eigenvalue weighted by atomic mass is 35.5. The molecular weight excluding hydrogens is 282 g/mol. The molecule has 0 spiro atoms. The topological polar surface area (TPSA) is 41.6 Å². The first-order valence-corrected chi connectivity index (χ1v) is 7.36. The maximum absolute atomic E-state index is 6.34. The van der Waals surface area contributed by atoms with E-state index in [1.165, 1.54) is 16.7 Å². The minimum Gasteiger partial charge on any atom is -0.369 e. The number of hydrogen-bond donors (Lipinski definition) is 1. The average Bonchev–Trinajstić information content (AvgIpc) is 2.84. The molecule has 4 heteroatoms. The highest BCUT2D eigenvalue weighted by Gasteiger charge is 2.30. The first-order chi connectivity index (χ1) is 10.1. The second kappa shape index (κ2) is 5.41. The molecule has 0 radical (unpaired) electrons. The third-order valence-corrected chi connectivity index (χ3v) is 4.21. The Morgan fingerprint density at radius 1 is 1.19 bits per heavy atom. The highest BCUT2D eigenvalue weighted by Crippen LogP contribution is 2.36. The van der Waals surface area contributed by atoms with Crippen LogP contribution in [-0.4, -0.2) is 12.5 Å². The van der Waals surface area contributed by atoms with Gasteiger partial charge in [-0.3, -0.25) is 4.99 Å². The number of benzene rings is 2. The Morgan fingerprint density at radius 2 is 1.95 bits per heavy atom. The fraction of sp³-hybridized carbons (Fsp3) is 0.235. The molecule has 2 aromatic carbocycles. The minimum absolute atomic E-state index is 0.102. The average molecular weight is 300 g/mol. The summed E-state index contributed by atoms with van der Waals surface area (Å²) >= 11 is 6.34. The van der Waals surface area contributed by atoms with E-state index in [-0.39, 0.29) is 6.04 Å².